The Morgan fingerprint density at radius 1 is 1.17 bits per heavy atom. The monoisotopic (exact) mass is 314 g/mol. The van der Waals surface area contributed by atoms with Crippen LogP contribution in [0.2, 0.25) is 0 Å². The topological polar surface area (TPSA) is 61.4 Å². The average Bonchev–Trinajstić information content (AvgIpc) is 3.00. The van der Waals surface area contributed by atoms with Crippen LogP contribution in [0, 0.1) is 5.82 Å². The SMILES string of the molecule is O=C(NCC1(O)CCNC1)c1ccccc1-c1ccccc1F. The summed E-state index contributed by atoms with van der Waals surface area (Å²) in [7, 11) is 0. The summed E-state index contributed by atoms with van der Waals surface area (Å²) in [4.78, 5) is 12.5. The number of β-amino-alcohol motifs (C(OH)–C–C–N with tert-alkyl or cyclic N) is 1. The van der Waals surface area contributed by atoms with Crippen molar-refractivity contribution in [2.24, 2.45) is 0 Å². The summed E-state index contributed by atoms with van der Waals surface area (Å²) in [6, 6.07) is 13.3. The summed E-state index contributed by atoms with van der Waals surface area (Å²) in [5.41, 5.74) is 0.411. The molecule has 5 heteroatoms. The third kappa shape index (κ3) is 3.41. The van der Waals surface area contributed by atoms with Gasteiger partial charge in [0.15, 0.2) is 0 Å². The Labute approximate surface area is 134 Å². The highest BCUT2D eigenvalue weighted by atomic mass is 19.1. The van der Waals surface area contributed by atoms with Gasteiger partial charge in [-0.25, -0.2) is 4.39 Å². The Balaban J connectivity index is 1.83. The third-order valence-electron chi connectivity index (χ3n) is 4.13. The van der Waals surface area contributed by atoms with Crippen LogP contribution in [0.15, 0.2) is 48.5 Å². The van der Waals surface area contributed by atoms with Gasteiger partial charge in [-0.3, -0.25) is 4.79 Å². The van der Waals surface area contributed by atoms with Gasteiger partial charge in [0.2, 0.25) is 0 Å². The van der Waals surface area contributed by atoms with E-state index in [0.717, 1.165) is 6.54 Å². The Morgan fingerprint density at radius 2 is 1.87 bits per heavy atom. The number of carbonyl (C=O) groups excluding carboxylic acids is 1. The van der Waals surface area contributed by atoms with Crippen LogP contribution in [-0.2, 0) is 0 Å². The van der Waals surface area contributed by atoms with Gasteiger partial charge < -0.3 is 15.7 Å². The van der Waals surface area contributed by atoms with Crippen molar-refractivity contribution in [3.8, 4) is 11.1 Å². The van der Waals surface area contributed by atoms with Crippen molar-refractivity contribution < 1.29 is 14.3 Å². The number of halogens is 1. The fourth-order valence-electron chi connectivity index (χ4n) is 2.82. The van der Waals surface area contributed by atoms with Crippen molar-refractivity contribution in [2.45, 2.75) is 12.0 Å². The zero-order valence-corrected chi connectivity index (χ0v) is 12.7. The quantitative estimate of drug-likeness (QED) is 0.808. The summed E-state index contributed by atoms with van der Waals surface area (Å²) in [5.74, 6) is -0.685. The van der Waals surface area contributed by atoms with E-state index < -0.39 is 5.60 Å². The standard InChI is InChI=1S/C18H19FN2O2/c19-16-8-4-3-6-14(16)13-5-1-2-7-15(13)17(22)21-12-18(23)9-10-20-11-18/h1-8,20,23H,9-12H2,(H,21,22). The van der Waals surface area contributed by atoms with E-state index in [0.29, 0.717) is 29.7 Å². The van der Waals surface area contributed by atoms with Gasteiger partial charge in [0, 0.05) is 24.2 Å². The lowest BCUT2D eigenvalue weighted by molar-refractivity contribution is 0.0562. The van der Waals surface area contributed by atoms with Gasteiger partial charge in [0.25, 0.3) is 5.91 Å². The molecule has 1 amide bonds. The van der Waals surface area contributed by atoms with Crippen molar-refractivity contribution in [1.29, 1.82) is 0 Å². The highest BCUT2D eigenvalue weighted by Gasteiger charge is 2.31. The lowest BCUT2D eigenvalue weighted by Gasteiger charge is -2.22. The summed E-state index contributed by atoms with van der Waals surface area (Å²) in [5, 5.41) is 16.1. The van der Waals surface area contributed by atoms with Crippen LogP contribution in [0.4, 0.5) is 4.39 Å². The number of carbonyl (C=O) groups is 1. The largest absolute Gasteiger partial charge is 0.387 e. The molecule has 4 nitrogen and oxygen atoms in total. The molecule has 0 spiro atoms. The van der Waals surface area contributed by atoms with Crippen LogP contribution in [0.25, 0.3) is 11.1 Å². The van der Waals surface area contributed by atoms with E-state index in [1.165, 1.54) is 6.07 Å². The number of nitrogens with one attached hydrogen (secondary N) is 2. The van der Waals surface area contributed by atoms with Crippen molar-refractivity contribution in [3.63, 3.8) is 0 Å². The zero-order chi connectivity index (χ0) is 16.3. The lowest BCUT2D eigenvalue weighted by Crippen LogP contribution is -2.44. The summed E-state index contributed by atoms with van der Waals surface area (Å²) < 4.78 is 14.0. The molecule has 0 saturated carbocycles. The van der Waals surface area contributed by atoms with Gasteiger partial charge in [0.1, 0.15) is 5.82 Å². The molecular formula is C18H19FN2O2. The van der Waals surface area contributed by atoms with E-state index in [-0.39, 0.29) is 18.3 Å². The maximum atomic E-state index is 14.0. The number of hydrogen-bond donors (Lipinski definition) is 3. The molecule has 1 aliphatic rings. The molecule has 0 aromatic heterocycles. The van der Waals surface area contributed by atoms with Gasteiger partial charge in [-0.1, -0.05) is 36.4 Å². The minimum absolute atomic E-state index is 0.171. The van der Waals surface area contributed by atoms with Crippen LogP contribution < -0.4 is 10.6 Å². The second-order valence-corrected chi connectivity index (χ2v) is 5.86. The van der Waals surface area contributed by atoms with Crippen molar-refractivity contribution in [2.75, 3.05) is 19.6 Å². The summed E-state index contributed by atoms with van der Waals surface area (Å²) >= 11 is 0. The first-order valence-electron chi connectivity index (χ1n) is 7.64. The van der Waals surface area contributed by atoms with Crippen molar-refractivity contribution in [3.05, 3.63) is 59.9 Å². The molecule has 1 saturated heterocycles. The molecule has 1 fully saturated rings. The van der Waals surface area contributed by atoms with Crippen LogP contribution in [-0.4, -0.2) is 36.2 Å². The molecule has 0 radical (unpaired) electrons. The summed E-state index contributed by atoms with van der Waals surface area (Å²) in [6.07, 6.45) is 0.599. The molecule has 120 valence electrons. The second kappa shape index (κ2) is 6.48. The number of aliphatic hydroxyl groups is 1. The van der Waals surface area contributed by atoms with E-state index in [1.807, 2.05) is 0 Å². The first kappa shape index (κ1) is 15.6. The number of benzene rings is 2. The van der Waals surface area contributed by atoms with Crippen molar-refractivity contribution >= 4 is 5.91 Å². The first-order chi connectivity index (χ1) is 11.1. The maximum absolute atomic E-state index is 14.0. The van der Waals surface area contributed by atoms with Gasteiger partial charge in [-0.2, -0.15) is 0 Å². The van der Waals surface area contributed by atoms with Crippen LogP contribution in [0.5, 0.6) is 0 Å². The van der Waals surface area contributed by atoms with Crippen LogP contribution in [0.1, 0.15) is 16.8 Å². The second-order valence-electron chi connectivity index (χ2n) is 5.86. The van der Waals surface area contributed by atoms with E-state index in [4.69, 9.17) is 0 Å². The zero-order valence-electron chi connectivity index (χ0n) is 12.7. The van der Waals surface area contributed by atoms with Gasteiger partial charge in [-0.05, 0) is 30.7 Å². The Kier molecular flexibility index (Phi) is 4.41. The lowest BCUT2D eigenvalue weighted by atomic mass is 9.98. The smallest absolute Gasteiger partial charge is 0.252 e. The minimum Gasteiger partial charge on any atom is -0.387 e. The Hall–Kier alpha value is -2.24. The predicted molar refractivity (Wildman–Crippen MR) is 86.6 cm³/mol. The molecular weight excluding hydrogens is 295 g/mol. The van der Waals surface area contributed by atoms with Gasteiger partial charge >= 0.3 is 0 Å². The predicted octanol–water partition coefficient (Wildman–Crippen LogP) is 1.95. The third-order valence-corrected chi connectivity index (χ3v) is 4.13. The Bertz CT molecular complexity index is 712. The highest BCUT2D eigenvalue weighted by Crippen LogP contribution is 2.26. The molecule has 0 bridgehead atoms. The molecule has 1 aliphatic heterocycles. The first-order valence-corrected chi connectivity index (χ1v) is 7.64. The molecule has 23 heavy (non-hydrogen) atoms. The highest BCUT2D eigenvalue weighted by molar-refractivity contribution is 6.00. The molecule has 0 aliphatic carbocycles. The molecule has 1 atom stereocenters. The molecule has 2 aromatic rings. The van der Waals surface area contributed by atoms with Crippen molar-refractivity contribution in [1.82, 2.24) is 10.6 Å². The van der Waals surface area contributed by atoms with E-state index >= 15 is 0 Å². The van der Waals surface area contributed by atoms with Crippen LogP contribution >= 0.6 is 0 Å². The van der Waals surface area contributed by atoms with Gasteiger partial charge in [0.05, 0.1) is 5.60 Å². The fourth-order valence-corrected chi connectivity index (χ4v) is 2.82. The molecule has 3 rings (SSSR count). The van der Waals surface area contributed by atoms with E-state index in [2.05, 4.69) is 10.6 Å². The average molecular weight is 314 g/mol. The molecule has 1 unspecified atom stereocenters. The molecule has 2 aromatic carbocycles. The Morgan fingerprint density at radius 3 is 2.57 bits per heavy atom. The molecule has 3 N–H and O–H groups in total. The summed E-state index contributed by atoms with van der Waals surface area (Å²) in [6.45, 7) is 1.37. The van der Waals surface area contributed by atoms with E-state index in [9.17, 15) is 14.3 Å². The minimum atomic E-state index is -0.914. The fraction of sp³-hybridized carbons (Fsp3) is 0.278. The van der Waals surface area contributed by atoms with Crippen LogP contribution in [0.3, 0.4) is 0 Å². The van der Waals surface area contributed by atoms with E-state index in [1.54, 1.807) is 42.5 Å². The number of rotatable bonds is 4. The maximum Gasteiger partial charge on any atom is 0.252 e. The normalized spacial score (nSPS) is 20.4. The molecule has 1 heterocycles. The number of amides is 1. The van der Waals surface area contributed by atoms with Gasteiger partial charge in [-0.15, -0.1) is 0 Å². The number of hydrogen-bond acceptors (Lipinski definition) is 3.